The molecule has 0 atom stereocenters. The Morgan fingerprint density at radius 3 is 1.50 bits per heavy atom. The van der Waals surface area contributed by atoms with Gasteiger partial charge in [0.25, 0.3) is 0 Å². The first kappa shape index (κ1) is 11.5. The smallest absolute Gasteiger partial charge is 0.252 e. The van der Waals surface area contributed by atoms with Gasteiger partial charge < -0.3 is 0 Å². The van der Waals surface area contributed by atoms with E-state index in [-0.39, 0.29) is 0 Å². The standard InChI is InChI=1S/C7H5N3O6/c11-8(12)7(9(13)14,10(15)16)6-4-2-1-3-5-6/h1-5H. The van der Waals surface area contributed by atoms with Crippen molar-refractivity contribution in [2.45, 2.75) is 5.79 Å². The van der Waals surface area contributed by atoms with E-state index in [1.54, 1.807) is 0 Å². The van der Waals surface area contributed by atoms with Crippen molar-refractivity contribution >= 4 is 0 Å². The Kier molecular flexibility index (Phi) is 2.79. The molecule has 0 heterocycles. The lowest BCUT2D eigenvalue weighted by molar-refractivity contribution is -0.986. The zero-order chi connectivity index (χ0) is 12.3. The normalized spacial score (nSPS) is 10.8. The van der Waals surface area contributed by atoms with Gasteiger partial charge in [0.2, 0.25) is 0 Å². The van der Waals surface area contributed by atoms with Gasteiger partial charge in [0.1, 0.15) is 0 Å². The highest BCUT2D eigenvalue weighted by Crippen LogP contribution is 2.26. The van der Waals surface area contributed by atoms with E-state index in [9.17, 15) is 30.3 Å². The van der Waals surface area contributed by atoms with Gasteiger partial charge in [-0.15, -0.1) is 0 Å². The van der Waals surface area contributed by atoms with Gasteiger partial charge in [0.05, 0.1) is 0 Å². The van der Waals surface area contributed by atoms with Crippen molar-refractivity contribution in [3.8, 4) is 0 Å². The fraction of sp³-hybridized carbons (Fsp3) is 0.143. The lowest BCUT2D eigenvalue weighted by atomic mass is 10.1. The van der Waals surface area contributed by atoms with Crippen LogP contribution in [0.3, 0.4) is 0 Å². The quantitative estimate of drug-likeness (QED) is 0.421. The van der Waals surface area contributed by atoms with Crippen molar-refractivity contribution in [3.63, 3.8) is 0 Å². The van der Waals surface area contributed by atoms with Gasteiger partial charge in [-0.3, -0.25) is 30.3 Å². The van der Waals surface area contributed by atoms with Crippen LogP contribution in [0.4, 0.5) is 0 Å². The fourth-order valence-electron chi connectivity index (χ4n) is 1.18. The van der Waals surface area contributed by atoms with Crippen molar-refractivity contribution in [2.24, 2.45) is 0 Å². The molecule has 1 aromatic rings. The number of nitrogens with zero attached hydrogens (tertiary/aromatic N) is 3. The molecular formula is C7H5N3O6. The van der Waals surface area contributed by atoms with Crippen LogP contribution >= 0.6 is 0 Å². The molecule has 0 N–H and O–H groups in total. The van der Waals surface area contributed by atoms with Gasteiger partial charge in [0.15, 0.2) is 20.3 Å². The summed E-state index contributed by atoms with van der Waals surface area (Å²) in [5.41, 5.74) is -0.602. The van der Waals surface area contributed by atoms with Crippen LogP contribution < -0.4 is 0 Å². The Labute approximate surface area is 87.8 Å². The summed E-state index contributed by atoms with van der Waals surface area (Å²) in [7, 11) is 0. The molecule has 9 heteroatoms. The van der Waals surface area contributed by atoms with Crippen molar-refractivity contribution in [3.05, 3.63) is 66.2 Å². The maximum Gasteiger partial charge on any atom is 0.728 e. The van der Waals surface area contributed by atoms with Gasteiger partial charge in [-0.2, -0.15) is 0 Å². The summed E-state index contributed by atoms with van der Waals surface area (Å²) in [6.45, 7) is 0. The van der Waals surface area contributed by atoms with E-state index in [1.807, 2.05) is 0 Å². The van der Waals surface area contributed by atoms with Crippen LogP contribution in [0.1, 0.15) is 5.56 Å². The fourth-order valence-corrected chi connectivity index (χ4v) is 1.18. The first-order chi connectivity index (χ1) is 7.44. The molecule has 1 aromatic carbocycles. The first-order valence-corrected chi connectivity index (χ1v) is 3.93. The second-order valence-electron chi connectivity index (χ2n) is 2.77. The lowest BCUT2D eigenvalue weighted by Gasteiger charge is -2.07. The Hall–Kier alpha value is -2.58. The molecule has 84 valence electrons. The summed E-state index contributed by atoms with van der Waals surface area (Å²) in [4.78, 5) is 27.3. The first-order valence-electron chi connectivity index (χ1n) is 3.93. The number of nitro groups is 3. The molecule has 0 unspecified atom stereocenters. The maximum atomic E-state index is 10.6. The van der Waals surface area contributed by atoms with Gasteiger partial charge in [0, 0.05) is 0 Å². The molecule has 0 amide bonds. The highest BCUT2D eigenvalue weighted by atomic mass is 16.7. The highest BCUT2D eigenvalue weighted by Gasteiger charge is 2.72. The molecule has 0 aromatic heterocycles. The SMILES string of the molecule is O=[N+]([O-])C(c1ccccc1)([N+](=O)[O-])[N+](=O)[O-]. The number of hydrogen-bond acceptors (Lipinski definition) is 6. The molecule has 1 rings (SSSR count). The van der Waals surface area contributed by atoms with Gasteiger partial charge >= 0.3 is 5.79 Å². The topological polar surface area (TPSA) is 129 Å². The number of benzene rings is 1. The number of hydrogen-bond donors (Lipinski definition) is 0. The van der Waals surface area contributed by atoms with E-state index in [0.717, 1.165) is 12.1 Å². The van der Waals surface area contributed by atoms with Crippen molar-refractivity contribution < 1.29 is 14.8 Å². The second kappa shape index (κ2) is 3.88. The summed E-state index contributed by atoms with van der Waals surface area (Å²) in [6, 6.07) is 5.87. The minimum Gasteiger partial charge on any atom is -0.252 e. The summed E-state index contributed by atoms with van der Waals surface area (Å²) < 4.78 is 0. The molecule has 0 saturated carbocycles. The average Bonchev–Trinajstić information content (AvgIpc) is 2.18. The molecule has 0 aliphatic rings. The summed E-state index contributed by atoms with van der Waals surface area (Å²) in [6.07, 6.45) is 0. The minimum atomic E-state index is -3.54. The molecule has 0 aliphatic carbocycles. The third kappa shape index (κ3) is 1.43. The zero-order valence-corrected chi connectivity index (χ0v) is 7.68. The van der Waals surface area contributed by atoms with Crippen molar-refractivity contribution in [2.75, 3.05) is 0 Å². The molecule has 0 bridgehead atoms. The monoisotopic (exact) mass is 227 g/mol. The molecule has 0 saturated heterocycles. The summed E-state index contributed by atoms with van der Waals surface area (Å²) in [5, 5.41) is 31.9. The van der Waals surface area contributed by atoms with E-state index in [4.69, 9.17) is 0 Å². The van der Waals surface area contributed by atoms with Crippen LogP contribution in [-0.2, 0) is 5.79 Å². The molecule has 16 heavy (non-hydrogen) atoms. The maximum absolute atomic E-state index is 10.6. The van der Waals surface area contributed by atoms with E-state index in [0.29, 0.717) is 0 Å². The second-order valence-corrected chi connectivity index (χ2v) is 2.77. The molecule has 0 fully saturated rings. The molecule has 0 radical (unpaired) electrons. The van der Waals surface area contributed by atoms with Gasteiger partial charge in [-0.25, -0.2) is 0 Å². The predicted molar refractivity (Wildman–Crippen MR) is 49.1 cm³/mol. The molecule has 0 spiro atoms. The largest absolute Gasteiger partial charge is 0.728 e. The summed E-state index contributed by atoms with van der Waals surface area (Å²) >= 11 is 0. The van der Waals surface area contributed by atoms with E-state index >= 15 is 0 Å². The van der Waals surface area contributed by atoms with Crippen LogP contribution in [0.25, 0.3) is 0 Å². The molecule has 0 aliphatic heterocycles. The third-order valence-corrected chi connectivity index (χ3v) is 1.92. The van der Waals surface area contributed by atoms with Crippen LogP contribution in [0.2, 0.25) is 0 Å². The molecular weight excluding hydrogens is 222 g/mol. The zero-order valence-electron chi connectivity index (χ0n) is 7.68. The summed E-state index contributed by atoms with van der Waals surface area (Å²) in [5.74, 6) is -3.54. The Morgan fingerprint density at radius 1 is 0.812 bits per heavy atom. The van der Waals surface area contributed by atoms with Crippen LogP contribution in [-0.4, -0.2) is 14.8 Å². The lowest BCUT2D eigenvalue weighted by Crippen LogP contribution is -2.50. The average molecular weight is 227 g/mol. The third-order valence-electron chi connectivity index (χ3n) is 1.92. The van der Waals surface area contributed by atoms with Crippen molar-refractivity contribution in [1.29, 1.82) is 0 Å². The van der Waals surface area contributed by atoms with Gasteiger partial charge in [-0.1, -0.05) is 18.2 Å². The minimum absolute atomic E-state index is 0.602. The Bertz CT molecular complexity index is 409. The Balaban J connectivity index is 3.52. The van der Waals surface area contributed by atoms with E-state index < -0.39 is 26.1 Å². The highest BCUT2D eigenvalue weighted by molar-refractivity contribution is 5.17. The Morgan fingerprint density at radius 2 is 1.19 bits per heavy atom. The molecule has 9 nitrogen and oxygen atoms in total. The van der Waals surface area contributed by atoms with Crippen LogP contribution in [0.15, 0.2) is 30.3 Å². The predicted octanol–water partition coefficient (Wildman–Crippen LogP) is 0.627. The van der Waals surface area contributed by atoms with Gasteiger partial charge in [-0.05, 0) is 12.1 Å². The van der Waals surface area contributed by atoms with Crippen LogP contribution in [0.5, 0.6) is 0 Å². The van der Waals surface area contributed by atoms with E-state index in [2.05, 4.69) is 0 Å². The number of rotatable bonds is 4. The van der Waals surface area contributed by atoms with Crippen molar-refractivity contribution in [1.82, 2.24) is 0 Å². The van der Waals surface area contributed by atoms with Crippen LogP contribution in [0, 0.1) is 30.3 Å². The van der Waals surface area contributed by atoms with E-state index in [1.165, 1.54) is 18.2 Å².